The molecule has 0 radical (unpaired) electrons. The molecule has 0 atom stereocenters. The third kappa shape index (κ3) is 3.34. The number of piperidine rings is 1. The van der Waals surface area contributed by atoms with Crippen LogP contribution in [0.3, 0.4) is 0 Å². The van der Waals surface area contributed by atoms with Gasteiger partial charge in [0.15, 0.2) is 0 Å². The van der Waals surface area contributed by atoms with Gasteiger partial charge in [-0.25, -0.2) is 0 Å². The molecule has 0 aliphatic carbocycles. The summed E-state index contributed by atoms with van der Waals surface area (Å²) >= 11 is 0. The molecule has 1 fully saturated rings. The summed E-state index contributed by atoms with van der Waals surface area (Å²) < 4.78 is 5.14. The van der Waals surface area contributed by atoms with E-state index in [9.17, 15) is 15.2 Å². The van der Waals surface area contributed by atoms with E-state index in [1.165, 1.54) is 12.3 Å². The Kier molecular flexibility index (Phi) is 4.81. The van der Waals surface area contributed by atoms with E-state index in [4.69, 9.17) is 4.42 Å². The van der Waals surface area contributed by atoms with Crippen molar-refractivity contribution >= 4 is 12.0 Å². The molecule has 21 heavy (non-hydrogen) atoms. The summed E-state index contributed by atoms with van der Waals surface area (Å²) in [6.07, 6.45) is 5.41. The molecular weight excluding hydrogens is 268 g/mol. The third-order valence-electron chi connectivity index (χ3n) is 4.38. The Labute approximate surface area is 124 Å². The molecule has 0 aromatic carbocycles. The number of rotatable bonds is 4. The molecule has 1 N–H and O–H groups in total. The highest BCUT2D eigenvalue weighted by molar-refractivity contribution is 6.01. The number of furan rings is 1. The largest absolute Gasteiger partial charge is 0.465 e. The molecule has 1 aromatic rings. The van der Waals surface area contributed by atoms with Crippen LogP contribution in [0.25, 0.3) is 6.08 Å². The van der Waals surface area contributed by atoms with Gasteiger partial charge in [0.05, 0.1) is 6.26 Å². The van der Waals surface area contributed by atoms with Crippen molar-refractivity contribution < 1.29 is 14.3 Å². The van der Waals surface area contributed by atoms with Crippen LogP contribution in [-0.2, 0) is 4.79 Å². The third-order valence-corrected chi connectivity index (χ3v) is 4.38. The maximum absolute atomic E-state index is 12.4. The van der Waals surface area contributed by atoms with Crippen LogP contribution >= 0.6 is 0 Å². The average Bonchev–Trinajstić information content (AvgIpc) is 3.05. The van der Waals surface area contributed by atoms with Gasteiger partial charge in [0.25, 0.3) is 5.91 Å². The first-order valence-corrected chi connectivity index (χ1v) is 7.19. The van der Waals surface area contributed by atoms with Gasteiger partial charge in [0.1, 0.15) is 17.4 Å². The topological polar surface area (TPSA) is 77.5 Å². The Morgan fingerprint density at radius 2 is 2.29 bits per heavy atom. The minimum Gasteiger partial charge on any atom is -0.465 e. The van der Waals surface area contributed by atoms with Crippen molar-refractivity contribution in [2.75, 3.05) is 19.7 Å². The SMILES string of the molecule is CCC1(CO)CCN(C(=O)/C(C#N)=C/c2ccco2)CC1. The molecule has 5 nitrogen and oxygen atoms in total. The molecule has 2 rings (SSSR count). The molecule has 1 saturated heterocycles. The van der Waals surface area contributed by atoms with Crippen LogP contribution in [0.4, 0.5) is 0 Å². The van der Waals surface area contributed by atoms with E-state index in [1.54, 1.807) is 17.0 Å². The van der Waals surface area contributed by atoms with E-state index in [2.05, 4.69) is 6.92 Å². The first-order valence-electron chi connectivity index (χ1n) is 7.19. The number of hydrogen-bond acceptors (Lipinski definition) is 4. The molecule has 1 aliphatic heterocycles. The lowest BCUT2D eigenvalue weighted by Gasteiger charge is -2.40. The molecule has 0 unspecified atom stereocenters. The zero-order valence-electron chi connectivity index (χ0n) is 12.2. The second-order valence-electron chi connectivity index (χ2n) is 5.49. The monoisotopic (exact) mass is 288 g/mol. The van der Waals surface area contributed by atoms with Crippen molar-refractivity contribution in [3.8, 4) is 6.07 Å². The zero-order chi connectivity index (χ0) is 15.3. The predicted octanol–water partition coefficient (Wildman–Crippen LogP) is 2.20. The minimum absolute atomic E-state index is 0.0751. The standard InChI is InChI=1S/C16H20N2O3/c1-2-16(12-19)5-7-18(8-6-16)15(20)13(11-17)10-14-4-3-9-21-14/h3-4,9-10,19H,2,5-8,12H2,1H3/b13-10+. The summed E-state index contributed by atoms with van der Waals surface area (Å²) in [6, 6.07) is 5.36. The second-order valence-corrected chi connectivity index (χ2v) is 5.49. The normalized spacial score (nSPS) is 18.3. The van der Waals surface area contributed by atoms with Crippen LogP contribution in [0.1, 0.15) is 31.9 Å². The van der Waals surface area contributed by atoms with E-state index in [0.717, 1.165) is 19.3 Å². The summed E-state index contributed by atoms with van der Waals surface area (Å²) in [5.74, 6) is 0.228. The zero-order valence-corrected chi connectivity index (χ0v) is 12.2. The number of likely N-dealkylation sites (tertiary alicyclic amines) is 1. The number of carbonyl (C=O) groups excluding carboxylic acids is 1. The van der Waals surface area contributed by atoms with Gasteiger partial charge in [-0.05, 0) is 36.8 Å². The Hall–Kier alpha value is -2.06. The fraction of sp³-hybridized carbons (Fsp3) is 0.500. The molecule has 1 amide bonds. The van der Waals surface area contributed by atoms with Crippen LogP contribution in [0.5, 0.6) is 0 Å². The Morgan fingerprint density at radius 1 is 1.57 bits per heavy atom. The lowest BCUT2D eigenvalue weighted by Crippen LogP contribution is -2.44. The Bertz CT molecular complexity index is 541. The van der Waals surface area contributed by atoms with E-state index in [1.807, 2.05) is 6.07 Å². The maximum atomic E-state index is 12.4. The minimum atomic E-state index is -0.267. The van der Waals surface area contributed by atoms with Crippen LogP contribution in [0.2, 0.25) is 0 Å². The first-order chi connectivity index (χ1) is 10.1. The number of amides is 1. The second kappa shape index (κ2) is 6.59. The summed E-state index contributed by atoms with van der Waals surface area (Å²) in [5, 5.41) is 18.7. The highest BCUT2D eigenvalue weighted by atomic mass is 16.3. The molecule has 5 heteroatoms. The molecule has 0 saturated carbocycles. The summed E-state index contributed by atoms with van der Waals surface area (Å²) in [7, 11) is 0. The lowest BCUT2D eigenvalue weighted by atomic mass is 9.77. The van der Waals surface area contributed by atoms with E-state index in [0.29, 0.717) is 18.8 Å². The predicted molar refractivity (Wildman–Crippen MR) is 77.9 cm³/mol. The van der Waals surface area contributed by atoms with E-state index >= 15 is 0 Å². The summed E-state index contributed by atoms with van der Waals surface area (Å²) in [5.41, 5.74) is 0.00635. The van der Waals surface area contributed by atoms with Gasteiger partial charge >= 0.3 is 0 Å². The van der Waals surface area contributed by atoms with E-state index in [-0.39, 0.29) is 23.5 Å². The van der Waals surface area contributed by atoms with Gasteiger partial charge in [0.2, 0.25) is 0 Å². The lowest BCUT2D eigenvalue weighted by molar-refractivity contribution is -0.129. The van der Waals surface area contributed by atoms with Crippen LogP contribution in [-0.4, -0.2) is 35.6 Å². The number of nitriles is 1. The summed E-state index contributed by atoms with van der Waals surface area (Å²) in [6.45, 7) is 3.36. The van der Waals surface area contributed by atoms with Gasteiger partial charge in [-0.1, -0.05) is 6.92 Å². The van der Waals surface area contributed by atoms with Crippen molar-refractivity contribution in [3.05, 3.63) is 29.7 Å². The molecule has 2 heterocycles. The fourth-order valence-corrected chi connectivity index (χ4v) is 2.64. The van der Waals surface area contributed by atoms with Crippen molar-refractivity contribution in [3.63, 3.8) is 0 Å². The number of aliphatic hydroxyl groups excluding tert-OH is 1. The maximum Gasteiger partial charge on any atom is 0.264 e. The number of carbonyl (C=O) groups is 1. The number of aliphatic hydroxyl groups is 1. The van der Waals surface area contributed by atoms with Gasteiger partial charge < -0.3 is 14.4 Å². The van der Waals surface area contributed by atoms with Gasteiger partial charge in [0, 0.05) is 25.8 Å². The Balaban J connectivity index is 2.06. The van der Waals surface area contributed by atoms with Crippen LogP contribution < -0.4 is 0 Å². The first kappa shape index (κ1) is 15.3. The molecule has 0 bridgehead atoms. The van der Waals surface area contributed by atoms with Gasteiger partial charge in [-0.2, -0.15) is 5.26 Å². The van der Waals surface area contributed by atoms with Gasteiger partial charge in [-0.15, -0.1) is 0 Å². The molecule has 1 aromatic heterocycles. The number of hydrogen-bond donors (Lipinski definition) is 1. The quantitative estimate of drug-likeness (QED) is 0.680. The molecule has 112 valence electrons. The smallest absolute Gasteiger partial charge is 0.264 e. The molecular formula is C16H20N2O3. The molecule has 0 spiro atoms. The number of nitrogens with zero attached hydrogens (tertiary/aromatic N) is 2. The van der Waals surface area contributed by atoms with Crippen molar-refractivity contribution in [1.82, 2.24) is 4.90 Å². The highest BCUT2D eigenvalue weighted by Gasteiger charge is 2.34. The van der Waals surface area contributed by atoms with Crippen LogP contribution in [0, 0.1) is 16.7 Å². The fourth-order valence-electron chi connectivity index (χ4n) is 2.64. The Morgan fingerprint density at radius 3 is 2.76 bits per heavy atom. The van der Waals surface area contributed by atoms with Crippen molar-refractivity contribution in [2.24, 2.45) is 5.41 Å². The summed E-state index contributed by atoms with van der Waals surface area (Å²) in [4.78, 5) is 14.1. The van der Waals surface area contributed by atoms with E-state index < -0.39 is 0 Å². The average molecular weight is 288 g/mol. The van der Waals surface area contributed by atoms with Gasteiger partial charge in [-0.3, -0.25) is 4.79 Å². The highest BCUT2D eigenvalue weighted by Crippen LogP contribution is 2.34. The molecule has 1 aliphatic rings. The van der Waals surface area contributed by atoms with Crippen LogP contribution in [0.15, 0.2) is 28.4 Å². The van der Waals surface area contributed by atoms with Crippen molar-refractivity contribution in [1.29, 1.82) is 5.26 Å². The van der Waals surface area contributed by atoms with Crippen molar-refractivity contribution in [2.45, 2.75) is 26.2 Å².